The first-order valence-electron chi connectivity index (χ1n) is 7.99. The predicted molar refractivity (Wildman–Crippen MR) is 98.8 cm³/mol. The Hall–Kier alpha value is -2.73. The maximum Gasteiger partial charge on any atom is 0.275 e. The summed E-state index contributed by atoms with van der Waals surface area (Å²) in [4.78, 5) is 30.9. The fraction of sp³-hybridized carbons (Fsp3) is 0.211. The number of aliphatic imine (C=N–C) groups is 1. The maximum absolute atomic E-state index is 13.1. The van der Waals surface area contributed by atoms with E-state index in [0.717, 1.165) is 0 Å². The molecule has 7 heteroatoms. The van der Waals surface area contributed by atoms with Gasteiger partial charge in [-0.1, -0.05) is 17.7 Å². The van der Waals surface area contributed by atoms with Crippen LogP contribution in [0.15, 0.2) is 53.5 Å². The highest BCUT2D eigenvalue weighted by Gasteiger charge is 2.41. The Balaban J connectivity index is 1.75. The number of benzene rings is 2. The number of carbonyl (C=O) groups is 2. The zero-order chi connectivity index (χ0) is 18.9. The first-order chi connectivity index (χ1) is 12.3. The topological polar surface area (TPSA) is 61.8 Å². The molecule has 5 nitrogen and oxygen atoms in total. The van der Waals surface area contributed by atoms with E-state index in [1.165, 1.54) is 29.2 Å². The number of amides is 2. The van der Waals surface area contributed by atoms with Crippen molar-refractivity contribution in [1.29, 1.82) is 0 Å². The van der Waals surface area contributed by atoms with Gasteiger partial charge in [-0.05, 0) is 56.3 Å². The second-order valence-electron chi connectivity index (χ2n) is 6.41. The van der Waals surface area contributed by atoms with Crippen molar-refractivity contribution < 1.29 is 14.0 Å². The molecule has 1 N–H and O–H groups in total. The zero-order valence-electron chi connectivity index (χ0n) is 14.3. The molecule has 134 valence electrons. The Bertz CT molecular complexity index is 894. The average molecular weight is 374 g/mol. The van der Waals surface area contributed by atoms with E-state index in [4.69, 9.17) is 11.6 Å². The lowest BCUT2D eigenvalue weighted by Gasteiger charge is -2.28. The fourth-order valence-electron chi connectivity index (χ4n) is 2.73. The molecule has 0 fully saturated rings. The number of hydrogen-bond acceptors (Lipinski definition) is 3. The van der Waals surface area contributed by atoms with Gasteiger partial charge in [0.2, 0.25) is 5.91 Å². The minimum atomic E-state index is -0.882. The third kappa shape index (κ3) is 3.75. The highest BCUT2D eigenvalue weighted by atomic mass is 35.5. The molecule has 1 heterocycles. The van der Waals surface area contributed by atoms with Gasteiger partial charge in [0.25, 0.3) is 5.91 Å². The molecule has 3 rings (SSSR count). The van der Waals surface area contributed by atoms with Crippen LogP contribution in [0.4, 0.5) is 10.1 Å². The lowest BCUT2D eigenvalue weighted by molar-refractivity contribution is -0.131. The van der Waals surface area contributed by atoms with Gasteiger partial charge in [-0.3, -0.25) is 14.6 Å². The van der Waals surface area contributed by atoms with Crippen LogP contribution in [0.2, 0.25) is 5.02 Å². The Morgan fingerprint density at radius 1 is 1.23 bits per heavy atom. The average Bonchev–Trinajstić information content (AvgIpc) is 2.79. The summed E-state index contributed by atoms with van der Waals surface area (Å²) in [6, 6.07) is 12.3. The minimum absolute atomic E-state index is 0.160. The first kappa shape index (κ1) is 18.1. The van der Waals surface area contributed by atoms with Crippen molar-refractivity contribution >= 4 is 34.8 Å². The Labute approximate surface area is 155 Å². The van der Waals surface area contributed by atoms with E-state index in [9.17, 15) is 14.0 Å². The van der Waals surface area contributed by atoms with Gasteiger partial charge in [0.05, 0.1) is 0 Å². The van der Waals surface area contributed by atoms with Gasteiger partial charge in [0.15, 0.2) is 0 Å². The summed E-state index contributed by atoms with van der Waals surface area (Å²) >= 11 is 5.90. The molecule has 2 aromatic rings. The van der Waals surface area contributed by atoms with Crippen LogP contribution < -0.4 is 5.32 Å². The van der Waals surface area contributed by atoms with E-state index in [1.807, 2.05) is 0 Å². The molecule has 0 aliphatic carbocycles. The second kappa shape index (κ2) is 6.88. The standard InChI is InChI=1S/C19H17ClFN3O2/c1-19(2)23-17(12-6-8-14(21)9-7-12)18(26)24(19)11-16(25)22-15-5-3-4-13(20)10-15/h3-10H,11H2,1-2H3,(H,22,25). The Morgan fingerprint density at radius 3 is 2.58 bits per heavy atom. The summed E-state index contributed by atoms with van der Waals surface area (Å²) in [6.07, 6.45) is 0. The van der Waals surface area contributed by atoms with E-state index in [2.05, 4.69) is 10.3 Å². The lowest BCUT2D eigenvalue weighted by Crippen LogP contribution is -2.46. The molecule has 1 aliphatic rings. The highest BCUT2D eigenvalue weighted by Crippen LogP contribution is 2.26. The van der Waals surface area contributed by atoms with E-state index in [0.29, 0.717) is 16.3 Å². The van der Waals surface area contributed by atoms with E-state index in [1.54, 1.807) is 38.1 Å². The van der Waals surface area contributed by atoms with Crippen LogP contribution in [0.5, 0.6) is 0 Å². The van der Waals surface area contributed by atoms with Crippen LogP contribution in [0.25, 0.3) is 0 Å². The van der Waals surface area contributed by atoms with E-state index >= 15 is 0 Å². The third-order valence-electron chi connectivity index (χ3n) is 4.02. The minimum Gasteiger partial charge on any atom is -0.324 e. The van der Waals surface area contributed by atoms with E-state index < -0.39 is 11.5 Å². The van der Waals surface area contributed by atoms with Gasteiger partial charge in [0, 0.05) is 16.3 Å². The quantitative estimate of drug-likeness (QED) is 0.891. The van der Waals surface area contributed by atoms with E-state index in [-0.39, 0.29) is 24.1 Å². The largest absolute Gasteiger partial charge is 0.324 e. The number of rotatable bonds is 4. The van der Waals surface area contributed by atoms with Crippen LogP contribution in [0.1, 0.15) is 19.4 Å². The van der Waals surface area contributed by atoms with Crippen molar-refractivity contribution in [3.63, 3.8) is 0 Å². The molecule has 0 saturated heterocycles. The summed E-state index contributed by atoms with van der Waals surface area (Å²) in [6.45, 7) is 3.33. The molecular weight excluding hydrogens is 357 g/mol. The highest BCUT2D eigenvalue weighted by molar-refractivity contribution is 6.47. The molecule has 0 spiro atoms. The summed E-state index contributed by atoms with van der Waals surface area (Å²) in [5, 5.41) is 3.21. The number of halogens is 2. The lowest BCUT2D eigenvalue weighted by atomic mass is 10.1. The SMILES string of the molecule is CC1(C)N=C(c2ccc(F)cc2)C(=O)N1CC(=O)Nc1cccc(Cl)c1. The molecule has 2 amide bonds. The van der Waals surface area contributed by atoms with Gasteiger partial charge in [-0.15, -0.1) is 0 Å². The molecule has 0 aromatic heterocycles. The van der Waals surface area contributed by atoms with Crippen LogP contribution in [-0.2, 0) is 9.59 Å². The third-order valence-corrected chi connectivity index (χ3v) is 4.26. The summed E-state index contributed by atoms with van der Waals surface area (Å²) in [5.41, 5.74) is 0.395. The predicted octanol–water partition coefficient (Wildman–Crippen LogP) is 3.49. The molecule has 26 heavy (non-hydrogen) atoms. The van der Waals surface area contributed by atoms with Crippen molar-refractivity contribution in [2.45, 2.75) is 19.5 Å². The normalized spacial score (nSPS) is 15.8. The molecule has 2 aromatic carbocycles. The molecule has 0 saturated carbocycles. The van der Waals surface area contributed by atoms with Gasteiger partial charge in [0.1, 0.15) is 23.7 Å². The van der Waals surface area contributed by atoms with Crippen molar-refractivity contribution in [2.24, 2.45) is 4.99 Å². The molecule has 0 atom stereocenters. The first-order valence-corrected chi connectivity index (χ1v) is 8.37. The molecular formula is C19H17ClFN3O2. The van der Waals surface area contributed by atoms with Crippen LogP contribution in [0.3, 0.4) is 0 Å². The number of hydrogen-bond donors (Lipinski definition) is 1. The molecule has 0 unspecified atom stereocenters. The summed E-state index contributed by atoms with van der Waals surface area (Å²) in [5.74, 6) is -1.12. The van der Waals surface area contributed by atoms with Gasteiger partial charge < -0.3 is 10.2 Å². The molecule has 1 aliphatic heterocycles. The van der Waals surface area contributed by atoms with Gasteiger partial charge in [-0.25, -0.2) is 4.39 Å². The Kier molecular flexibility index (Phi) is 4.78. The summed E-state index contributed by atoms with van der Waals surface area (Å²) < 4.78 is 13.1. The molecule has 0 bridgehead atoms. The monoisotopic (exact) mass is 373 g/mol. The number of anilines is 1. The second-order valence-corrected chi connectivity index (χ2v) is 6.85. The van der Waals surface area contributed by atoms with Gasteiger partial charge in [-0.2, -0.15) is 0 Å². The number of carbonyl (C=O) groups excluding carboxylic acids is 2. The van der Waals surface area contributed by atoms with Crippen LogP contribution in [-0.4, -0.2) is 34.6 Å². The smallest absolute Gasteiger partial charge is 0.275 e. The molecule has 0 radical (unpaired) electrons. The van der Waals surface area contributed by atoms with Crippen LogP contribution >= 0.6 is 11.6 Å². The van der Waals surface area contributed by atoms with Crippen molar-refractivity contribution in [3.8, 4) is 0 Å². The van der Waals surface area contributed by atoms with Crippen molar-refractivity contribution in [3.05, 3.63) is 64.9 Å². The van der Waals surface area contributed by atoms with Crippen LogP contribution in [0, 0.1) is 5.82 Å². The maximum atomic E-state index is 13.1. The summed E-state index contributed by atoms with van der Waals surface area (Å²) in [7, 11) is 0. The Morgan fingerprint density at radius 2 is 1.92 bits per heavy atom. The number of nitrogens with zero attached hydrogens (tertiary/aromatic N) is 2. The number of nitrogens with one attached hydrogen (secondary N) is 1. The van der Waals surface area contributed by atoms with Gasteiger partial charge >= 0.3 is 0 Å². The van der Waals surface area contributed by atoms with Crippen molar-refractivity contribution in [1.82, 2.24) is 4.90 Å². The van der Waals surface area contributed by atoms with Crippen molar-refractivity contribution in [2.75, 3.05) is 11.9 Å². The zero-order valence-corrected chi connectivity index (χ0v) is 15.0. The fourth-order valence-corrected chi connectivity index (χ4v) is 2.92.